The van der Waals surface area contributed by atoms with E-state index in [9.17, 15) is 0 Å². The van der Waals surface area contributed by atoms with E-state index in [1.807, 2.05) is 0 Å². The molecule has 1 fully saturated rings. The smallest absolute Gasteiger partial charge is 0.0342 e. The topological polar surface area (TPSA) is 38.0 Å². The molecule has 1 unspecified atom stereocenters. The number of hydrogen-bond donors (Lipinski definition) is 2. The summed E-state index contributed by atoms with van der Waals surface area (Å²) in [4.78, 5) is 0. The van der Waals surface area contributed by atoms with Gasteiger partial charge in [-0.05, 0) is 42.4 Å². The molecule has 0 aliphatic heterocycles. The minimum atomic E-state index is 0.509. The Morgan fingerprint density at radius 2 is 2.00 bits per heavy atom. The average molecular weight is 218 g/mol. The fourth-order valence-electron chi connectivity index (χ4n) is 2.53. The van der Waals surface area contributed by atoms with Crippen LogP contribution in [-0.4, -0.2) is 6.04 Å². The lowest BCUT2D eigenvalue weighted by atomic mass is 9.92. The SMILES string of the molecule is CC1(C)CCC(Nc2ccc(CN)cc2)C1. The van der Waals surface area contributed by atoms with E-state index in [4.69, 9.17) is 5.73 Å². The second kappa shape index (κ2) is 4.46. The van der Waals surface area contributed by atoms with Crippen LogP contribution in [0.25, 0.3) is 0 Å². The van der Waals surface area contributed by atoms with Crippen LogP contribution in [0, 0.1) is 5.41 Å². The normalized spacial score (nSPS) is 23.3. The first kappa shape index (κ1) is 11.5. The van der Waals surface area contributed by atoms with Crippen molar-refractivity contribution in [3.05, 3.63) is 29.8 Å². The van der Waals surface area contributed by atoms with Crippen molar-refractivity contribution in [2.45, 2.75) is 45.7 Å². The first-order chi connectivity index (χ1) is 7.59. The second-order valence-electron chi connectivity index (χ2n) is 5.65. The Balaban J connectivity index is 1.94. The van der Waals surface area contributed by atoms with Crippen molar-refractivity contribution in [1.82, 2.24) is 0 Å². The molecule has 0 heterocycles. The molecule has 16 heavy (non-hydrogen) atoms. The molecule has 88 valence electrons. The van der Waals surface area contributed by atoms with Gasteiger partial charge < -0.3 is 11.1 Å². The Hall–Kier alpha value is -1.02. The van der Waals surface area contributed by atoms with Crippen LogP contribution in [0.5, 0.6) is 0 Å². The molecule has 0 amide bonds. The molecular formula is C14H22N2. The molecule has 1 aliphatic rings. The van der Waals surface area contributed by atoms with Crippen molar-refractivity contribution >= 4 is 5.69 Å². The van der Waals surface area contributed by atoms with Gasteiger partial charge >= 0.3 is 0 Å². The van der Waals surface area contributed by atoms with Gasteiger partial charge in [0.15, 0.2) is 0 Å². The van der Waals surface area contributed by atoms with Crippen LogP contribution in [0.2, 0.25) is 0 Å². The van der Waals surface area contributed by atoms with Crippen LogP contribution < -0.4 is 11.1 Å². The highest BCUT2D eigenvalue weighted by molar-refractivity contribution is 5.45. The van der Waals surface area contributed by atoms with Crippen LogP contribution in [0.4, 0.5) is 5.69 Å². The van der Waals surface area contributed by atoms with Gasteiger partial charge in [0.1, 0.15) is 0 Å². The van der Waals surface area contributed by atoms with E-state index in [1.165, 1.54) is 30.5 Å². The number of hydrogen-bond acceptors (Lipinski definition) is 2. The van der Waals surface area contributed by atoms with Gasteiger partial charge in [-0.1, -0.05) is 26.0 Å². The average Bonchev–Trinajstić information content (AvgIpc) is 2.59. The first-order valence-corrected chi connectivity index (χ1v) is 6.15. The van der Waals surface area contributed by atoms with E-state index < -0.39 is 0 Å². The first-order valence-electron chi connectivity index (χ1n) is 6.15. The highest BCUT2D eigenvalue weighted by Crippen LogP contribution is 2.38. The zero-order chi connectivity index (χ0) is 11.6. The number of nitrogens with one attached hydrogen (secondary N) is 1. The highest BCUT2D eigenvalue weighted by Gasteiger charge is 2.30. The number of benzene rings is 1. The van der Waals surface area contributed by atoms with Crippen molar-refractivity contribution in [3.8, 4) is 0 Å². The summed E-state index contributed by atoms with van der Waals surface area (Å²) in [7, 11) is 0. The van der Waals surface area contributed by atoms with Gasteiger partial charge in [0, 0.05) is 18.3 Å². The van der Waals surface area contributed by atoms with Gasteiger partial charge in [-0.2, -0.15) is 0 Å². The van der Waals surface area contributed by atoms with Crippen molar-refractivity contribution in [1.29, 1.82) is 0 Å². The van der Waals surface area contributed by atoms with Gasteiger partial charge in [-0.15, -0.1) is 0 Å². The fraction of sp³-hybridized carbons (Fsp3) is 0.571. The molecular weight excluding hydrogens is 196 g/mol. The molecule has 0 bridgehead atoms. The summed E-state index contributed by atoms with van der Waals surface area (Å²) in [5.74, 6) is 0. The lowest BCUT2D eigenvalue weighted by Crippen LogP contribution is -2.17. The van der Waals surface area contributed by atoms with E-state index in [-0.39, 0.29) is 0 Å². The Kier molecular flexibility index (Phi) is 3.20. The lowest BCUT2D eigenvalue weighted by molar-refractivity contribution is 0.378. The maximum atomic E-state index is 5.58. The Labute approximate surface area is 98.2 Å². The second-order valence-corrected chi connectivity index (χ2v) is 5.65. The van der Waals surface area contributed by atoms with Crippen LogP contribution >= 0.6 is 0 Å². The van der Waals surface area contributed by atoms with E-state index in [0.29, 0.717) is 18.0 Å². The van der Waals surface area contributed by atoms with Crippen molar-refractivity contribution in [2.75, 3.05) is 5.32 Å². The molecule has 2 heteroatoms. The Morgan fingerprint density at radius 1 is 1.31 bits per heavy atom. The third kappa shape index (κ3) is 2.76. The van der Waals surface area contributed by atoms with Crippen molar-refractivity contribution in [2.24, 2.45) is 11.1 Å². The molecule has 0 radical (unpaired) electrons. The summed E-state index contributed by atoms with van der Waals surface area (Å²) in [5, 5.41) is 3.61. The quantitative estimate of drug-likeness (QED) is 0.818. The minimum Gasteiger partial charge on any atom is -0.382 e. The predicted octanol–water partition coefficient (Wildman–Crippen LogP) is 3.14. The van der Waals surface area contributed by atoms with Gasteiger partial charge in [-0.3, -0.25) is 0 Å². The molecule has 1 aromatic rings. The monoisotopic (exact) mass is 218 g/mol. The lowest BCUT2D eigenvalue weighted by Gasteiger charge is -2.18. The van der Waals surface area contributed by atoms with Crippen LogP contribution in [0.3, 0.4) is 0 Å². The van der Waals surface area contributed by atoms with Crippen LogP contribution in [-0.2, 0) is 6.54 Å². The highest BCUT2D eigenvalue weighted by atomic mass is 14.9. The van der Waals surface area contributed by atoms with E-state index >= 15 is 0 Å². The maximum Gasteiger partial charge on any atom is 0.0342 e. The molecule has 0 aromatic heterocycles. The molecule has 3 N–H and O–H groups in total. The van der Waals surface area contributed by atoms with Gasteiger partial charge in [-0.25, -0.2) is 0 Å². The third-order valence-electron chi connectivity index (χ3n) is 3.53. The Bertz CT molecular complexity index is 340. The minimum absolute atomic E-state index is 0.509. The number of nitrogens with two attached hydrogens (primary N) is 1. The molecule has 0 spiro atoms. The standard InChI is InChI=1S/C14H22N2/c1-14(2)8-7-13(9-14)16-12-5-3-11(10-15)4-6-12/h3-6,13,16H,7-10,15H2,1-2H3. The van der Waals surface area contributed by atoms with Crippen molar-refractivity contribution in [3.63, 3.8) is 0 Å². The molecule has 0 saturated heterocycles. The van der Waals surface area contributed by atoms with E-state index in [2.05, 4.69) is 43.4 Å². The summed E-state index contributed by atoms with van der Waals surface area (Å²) in [6, 6.07) is 9.10. The van der Waals surface area contributed by atoms with Crippen molar-refractivity contribution < 1.29 is 0 Å². The van der Waals surface area contributed by atoms with E-state index in [0.717, 1.165) is 0 Å². The summed E-state index contributed by atoms with van der Waals surface area (Å²) in [6.07, 6.45) is 3.88. The maximum absolute atomic E-state index is 5.58. The molecule has 2 rings (SSSR count). The van der Waals surface area contributed by atoms with Gasteiger partial charge in [0.05, 0.1) is 0 Å². The largest absolute Gasteiger partial charge is 0.382 e. The third-order valence-corrected chi connectivity index (χ3v) is 3.53. The zero-order valence-corrected chi connectivity index (χ0v) is 10.3. The van der Waals surface area contributed by atoms with Gasteiger partial charge in [0.2, 0.25) is 0 Å². The molecule has 1 saturated carbocycles. The van der Waals surface area contributed by atoms with E-state index in [1.54, 1.807) is 0 Å². The summed E-state index contributed by atoms with van der Waals surface area (Å²) in [5.41, 5.74) is 8.50. The van der Waals surface area contributed by atoms with Crippen LogP contribution in [0.15, 0.2) is 24.3 Å². The summed E-state index contributed by atoms with van der Waals surface area (Å²) in [6.45, 7) is 5.33. The van der Waals surface area contributed by atoms with Gasteiger partial charge in [0.25, 0.3) is 0 Å². The summed E-state index contributed by atoms with van der Waals surface area (Å²) >= 11 is 0. The summed E-state index contributed by atoms with van der Waals surface area (Å²) < 4.78 is 0. The fourth-order valence-corrected chi connectivity index (χ4v) is 2.53. The van der Waals surface area contributed by atoms with Crippen LogP contribution in [0.1, 0.15) is 38.7 Å². The molecule has 1 aromatic carbocycles. The molecule has 1 aliphatic carbocycles. The predicted molar refractivity (Wildman–Crippen MR) is 69.4 cm³/mol. The zero-order valence-electron chi connectivity index (χ0n) is 10.3. The Morgan fingerprint density at radius 3 is 2.50 bits per heavy atom. The number of anilines is 1. The molecule has 1 atom stereocenters. The molecule has 2 nitrogen and oxygen atoms in total. The number of rotatable bonds is 3.